The Morgan fingerprint density at radius 1 is 1.18 bits per heavy atom. The third-order valence-electron chi connectivity index (χ3n) is 5.40. The Morgan fingerprint density at radius 3 is 2.55 bits per heavy atom. The number of morpholine rings is 1. The van der Waals surface area contributed by atoms with Crippen molar-refractivity contribution in [3.8, 4) is 0 Å². The van der Waals surface area contributed by atoms with Gasteiger partial charge in [0.25, 0.3) is 5.91 Å². The minimum atomic E-state index is -3.35. The largest absolute Gasteiger partial charge is 0.379 e. The second-order valence-electron chi connectivity index (χ2n) is 7.45. The molecule has 2 heterocycles. The van der Waals surface area contributed by atoms with E-state index < -0.39 is 9.84 Å². The maximum Gasteiger partial charge on any atom is 0.260 e. The van der Waals surface area contributed by atoms with E-state index in [9.17, 15) is 17.6 Å². The number of sulfone groups is 1. The van der Waals surface area contributed by atoms with Crippen molar-refractivity contribution in [2.24, 2.45) is 0 Å². The molecule has 0 unspecified atom stereocenters. The molecule has 0 atom stereocenters. The lowest BCUT2D eigenvalue weighted by Gasteiger charge is -2.29. The first kappa shape index (κ1) is 25.5. The van der Waals surface area contributed by atoms with Crippen LogP contribution in [0.4, 0.5) is 9.52 Å². The number of hydrogen-bond donors (Lipinski definition) is 0. The van der Waals surface area contributed by atoms with Crippen LogP contribution in [0.15, 0.2) is 47.4 Å². The topological polar surface area (TPSA) is 79.8 Å². The van der Waals surface area contributed by atoms with E-state index in [0.717, 1.165) is 13.1 Å². The standard InChI is InChI=1S/C22H24FN3O4S2.ClH/c1-2-32(28,29)18-6-3-16(4-7-18)21(27)26(10-9-25-11-13-30-14-12-25)22-24-19-8-5-17(23)15-20(19)31-22;/h3-8,15H,2,9-14H2,1H3;1H. The van der Waals surface area contributed by atoms with E-state index in [1.165, 1.54) is 47.7 Å². The van der Waals surface area contributed by atoms with Gasteiger partial charge < -0.3 is 4.74 Å². The summed E-state index contributed by atoms with van der Waals surface area (Å²) in [7, 11) is -3.35. The number of carbonyl (C=O) groups is 1. The van der Waals surface area contributed by atoms with Crippen molar-refractivity contribution in [2.75, 3.05) is 50.0 Å². The fourth-order valence-electron chi connectivity index (χ4n) is 3.48. The minimum absolute atomic E-state index is 0. The summed E-state index contributed by atoms with van der Waals surface area (Å²) in [5, 5.41) is 0.481. The summed E-state index contributed by atoms with van der Waals surface area (Å²) in [4.78, 5) is 22.0. The lowest BCUT2D eigenvalue weighted by atomic mass is 10.2. The van der Waals surface area contributed by atoms with E-state index >= 15 is 0 Å². The van der Waals surface area contributed by atoms with Crippen LogP contribution in [0.3, 0.4) is 0 Å². The lowest BCUT2D eigenvalue weighted by Crippen LogP contribution is -2.43. The Kier molecular flexibility index (Phi) is 8.41. The number of amides is 1. The highest BCUT2D eigenvalue weighted by Crippen LogP contribution is 2.30. The zero-order valence-electron chi connectivity index (χ0n) is 18.1. The number of halogens is 2. The van der Waals surface area contributed by atoms with Crippen LogP contribution >= 0.6 is 23.7 Å². The Balaban J connectivity index is 0.00000306. The first-order chi connectivity index (χ1) is 15.4. The third-order valence-corrected chi connectivity index (χ3v) is 8.19. The summed E-state index contributed by atoms with van der Waals surface area (Å²) < 4.78 is 43.9. The van der Waals surface area contributed by atoms with Gasteiger partial charge in [0.05, 0.1) is 34.1 Å². The van der Waals surface area contributed by atoms with E-state index in [4.69, 9.17) is 4.74 Å². The molecule has 0 aliphatic carbocycles. The first-order valence-corrected chi connectivity index (χ1v) is 12.8. The Hall–Kier alpha value is -2.11. The molecule has 1 aromatic heterocycles. The fourth-order valence-corrected chi connectivity index (χ4v) is 5.38. The molecule has 33 heavy (non-hydrogen) atoms. The average Bonchev–Trinajstić information content (AvgIpc) is 3.22. The van der Waals surface area contributed by atoms with Crippen LogP contribution in [0.2, 0.25) is 0 Å². The molecule has 11 heteroatoms. The summed E-state index contributed by atoms with van der Waals surface area (Å²) in [6.07, 6.45) is 0. The van der Waals surface area contributed by atoms with Gasteiger partial charge >= 0.3 is 0 Å². The molecule has 1 aliphatic heterocycles. The highest BCUT2D eigenvalue weighted by Gasteiger charge is 2.23. The van der Waals surface area contributed by atoms with Gasteiger partial charge in [-0.3, -0.25) is 14.6 Å². The smallest absolute Gasteiger partial charge is 0.260 e. The SMILES string of the molecule is CCS(=O)(=O)c1ccc(C(=O)N(CCN2CCOCC2)c2nc3ccc(F)cc3s2)cc1.Cl. The van der Waals surface area contributed by atoms with Gasteiger partial charge in [0.15, 0.2) is 15.0 Å². The van der Waals surface area contributed by atoms with Crippen LogP contribution in [0.25, 0.3) is 10.2 Å². The number of aromatic nitrogens is 1. The molecular formula is C22H25ClFN3O4S2. The molecule has 1 fully saturated rings. The second-order valence-corrected chi connectivity index (χ2v) is 10.7. The molecule has 0 N–H and O–H groups in total. The molecule has 178 valence electrons. The number of anilines is 1. The van der Waals surface area contributed by atoms with Crippen molar-refractivity contribution in [1.82, 2.24) is 9.88 Å². The molecule has 0 spiro atoms. The highest BCUT2D eigenvalue weighted by molar-refractivity contribution is 7.91. The van der Waals surface area contributed by atoms with Gasteiger partial charge in [-0.1, -0.05) is 18.3 Å². The third kappa shape index (κ3) is 5.88. The maximum absolute atomic E-state index is 13.7. The molecule has 1 aliphatic rings. The van der Waals surface area contributed by atoms with Gasteiger partial charge in [0.2, 0.25) is 0 Å². The van der Waals surface area contributed by atoms with Crippen LogP contribution < -0.4 is 4.90 Å². The Morgan fingerprint density at radius 2 is 1.88 bits per heavy atom. The predicted molar refractivity (Wildman–Crippen MR) is 130 cm³/mol. The van der Waals surface area contributed by atoms with E-state index in [1.807, 2.05) is 0 Å². The van der Waals surface area contributed by atoms with Gasteiger partial charge in [-0.15, -0.1) is 12.4 Å². The number of ether oxygens (including phenoxy) is 1. The number of nitrogens with zero attached hydrogens (tertiary/aromatic N) is 3. The average molecular weight is 514 g/mol. The Bertz CT molecular complexity index is 1210. The summed E-state index contributed by atoms with van der Waals surface area (Å²) in [6.45, 7) is 5.51. The molecule has 3 aromatic rings. The second kappa shape index (κ2) is 10.9. The molecule has 2 aromatic carbocycles. The zero-order chi connectivity index (χ0) is 22.7. The van der Waals surface area contributed by atoms with E-state index in [2.05, 4.69) is 9.88 Å². The molecule has 4 rings (SSSR count). The van der Waals surface area contributed by atoms with Crippen LogP contribution in [0.1, 0.15) is 17.3 Å². The van der Waals surface area contributed by atoms with Gasteiger partial charge in [-0.25, -0.2) is 17.8 Å². The van der Waals surface area contributed by atoms with E-state index in [1.54, 1.807) is 17.9 Å². The molecule has 1 amide bonds. The number of rotatable bonds is 7. The van der Waals surface area contributed by atoms with Crippen molar-refractivity contribution in [3.05, 3.63) is 53.8 Å². The lowest BCUT2D eigenvalue weighted by molar-refractivity contribution is 0.0391. The van der Waals surface area contributed by atoms with Gasteiger partial charge in [-0.05, 0) is 42.5 Å². The van der Waals surface area contributed by atoms with E-state index in [0.29, 0.717) is 47.2 Å². The number of thiazole rings is 1. The molecule has 0 radical (unpaired) electrons. The predicted octanol–water partition coefficient (Wildman–Crippen LogP) is 3.63. The van der Waals surface area contributed by atoms with Crippen LogP contribution in [0, 0.1) is 5.82 Å². The summed E-state index contributed by atoms with van der Waals surface area (Å²) in [5.41, 5.74) is 0.993. The quantitative estimate of drug-likeness (QED) is 0.480. The monoisotopic (exact) mass is 513 g/mol. The van der Waals surface area contributed by atoms with Crippen molar-refractivity contribution in [3.63, 3.8) is 0 Å². The minimum Gasteiger partial charge on any atom is -0.379 e. The molecule has 1 saturated heterocycles. The fraction of sp³-hybridized carbons (Fsp3) is 0.364. The number of hydrogen-bond acceptors (Lipinski definition) is 7. The van der Waals surface area contributed by atoms with Gasteiger partial charge in [0.1, 0.15) is 5.82 Å². The van der Waals surface area contributed by atoms with Crippen molar-refractivity contribution in [1.29, 1.82) is 0 Å². The molecule has 0 saturated carbocycles. The van der Waals surface area contributed by atoms with Gasteiger partial charge in [-0.2, -0.15) is 0 Å². The summed E-state index contributed by atoms with van der Waals surface area (Å²) in [6, 6.07) is 10.3. The van der Waals surface area contributed by atoms with Gasteiger partial charge in [0, 0.05) is 31.7 Å². The number of fused-ring (bicyclic) bond motifs is 1. The number of benzene rings is 2. The first-order valence-electron chi connectivity index (χ1n) is 10.4. The van der Waals surface area contributed by atoms with Crippen molar-refractivity contribution >= 4 is 54.8 Å². The van der Waals surface area contributed by atoms with Crippen LogP contribution in [-0.2, 0) is 14.6 Å². The highest BCUT2D eigenvalue weighted by atomic mass is 35.5. The zero-order valence-corrected chi connectivity index (χ0v) is 20.5. The van der Waals surface area contributed by atoms with Crippen molar-refractivity contribution < 1.29 is 22.3 Å². The van der Waals surface area contributed by atoms with E-state index in [-0.39, 0.29) is 34.8 Å². The maximum atomic E-state index is 13.7. The summed E-state index contributed by atoms with van der Waals surface area (Å²) in [5.74, 6) is -0.640. The molecule has 7 nitrogen and oxygen atoms in total. The normalized spacial score (nSPS) is 14.7. The Labute approximate surface area is 202 Å². The van der Waals surface area contributed by atoms with Crippen molar-refractivity contribution in [2.45, 2.75) is 11.8 Å². The molecule has 0 bridgehead atoms. The molecular weight excluding hydrogens is 489 g/mol. The summed E-state index contributed by atoms with van der Waals surface area (Å²) >= 11 is 1.26. The van der Waals surface area contributed by atoms with Crippen LogP contribution in [-0.4, -0.2) is 69.4 Å². The number of carbonyl (C=O) groups excluding carboxylic acids is 1. The van der Waals surface area contributed by atoms with Crippen LogP contribution in [0.5, 0.6) is 0 Å².